The molecule has 0 bridgehead atoms. The fourth-order valence-electron chi connectivity index (χ4n) is 11.9. The molecule has 0 aliphatic carbocycles. The molecular weight excluding hydrogens is 992 g/mol. The summed E-state index contributed by atoms with van der Waals surface area (Å²) in [5.74, 6) is -0.451. The van der Waals surface area contributed by atoms with Crippen LogP contribution in [0.3, 0.4) is 0 Å². The van der Waals surface area contributed by atoms with Crippen LogP contribution in [-0.2, 0) is 0 Å². The van der Waals surface area contributed by atoms with E-state index in [0.29, 0.717) is 5.69 Å². The van der Waals surface area contributed by atoms with Crippen molar-refractivity contribution >= 4 is 98.6 Å². The third-order valence-electron chi connectivity index (χ3n) is 15.4. The Bertz CT molecular complexity index is 5160. The first-order chi connectivity index (χ1) is 40.1. The lowest BCUT2D eigenvalue weighted by Gasteiger charge is -2.12. The minimum atomic E-state index is -0.451. The average Bonchev–Trinajstić information content (AvgIpc) is 4.47. The van der Waals surface area contributed by atoms with E-state index in [4.69, 9.17) is 13.1 Å². The van der Waals surface area contributed by atoms with Crippen molar-refractivity contribution in [2.75, 3.05) is 0 Å². The van der Waals surface area contributed by atoms with Gasteiger partial charge in [0, 0.05) is 76.6 Å². The van der Waals surface area contributed by atoms with Crippen molar-refractivity contribution in [1.82, 2.24) is 18.7 Å². The van der Waals surface area contributed by atoms with Gasteiger partial charge in [-0.3, -0.25) is 0 Å². The highest BCUT2D eigenvalue weighted by Gasteiger charge is 2.20. The summed E-state index contributed by atoms with van der Waals surface area (Å²) < 4.78 is 19.4. The molecule has 0 spiro atoms. The molecule has 0 unspecified atom stereocenters. The average molecular weight is 1040 g/mol. The summed E-state index contributed by atoms with van der Waals surface area (Å²) in [5, 5.41) is 9.92. The summed E-state index contributed by atoms with van der Waals surface area (Å²) >= 11 is 0. The van der Waals surface area contributed by atoms with E-state index in [9.17, 15) is 4.39 Å². The monoisotopic (exact) mass is 1040 g/mol. The number of nitrogens with zero attached hydrogens (tertiary/aromatic N) is 5. The molecule has 0 saturated carbocycles. The summed E-state index contributed by atoms with van der Waals surface area (Å²) in [5.41, 5.74) is 18.2. The number of para-hydroxylation sites is 11. The fourth-order valence-corrected chi connectivity index (χ4v) is 11.9. The molecule has 0 amide bonds. The molecular formula is C74H47FN6. The molecule has 16 aromatic rings. The van der Waals surface area contributed by atoms with Gasteiger partial charge >= 0.3 is 0 Å². The van der Waals surface area contributed by atoms with Crippen LogP contribution < -0.4 is 0 Å². The van der Waals surface area contributed by atoms with Gasteiger partial charge in [0.1, 0.15) is 5.82 Å². The van der Waals surface area contributed by atoms with E-state index in [1.54, 1.807) is 12.1 Å². The van der Waals surface area contributed by atoms with Gasteiger partial charge < -0.3 is 18.7 Å². The highest BCUT2D eigenvalue weighted by atomic mass is 19.1. The largest absolute Gasteiger partial charge is 0.355 e. The van der Waals surface area contributed by atoms with Gasteiger partial charge in [-0.15, -0.1) is 0 Å². The number of aromatic nitrogens is 4. The standard InChI is InChI=1S/C37H23N3.C30H20N2.C7H4FN/c1-38-32-18-7-10-21-36(32)40-34-20-9-6-15-29(34)31-24-25(22-23-35(31)40)27-16-11-17-30-28-14-5-8-19-33(28)39(37(27)30)26-12-3-2-4-13-26;1-2-9-21(10-3-1)32-29-16-7-5-12-24(29)25-14-8-13-22(30(25)32)20-17-18-28-26(19-20)23-11-4-6-15-27(23)31-28;1-9-7-5-3-2-4-6(7)8/h2-24H;1-19,31H;2-5H. The maximum Gasteiger partial charge on any atom is 0.222 e. The quantitative estimate of drug-likeness (QED) is 0.167. The summed E-state index contributed by atoms with van der Waals surface area (Å²) in [6.45, 7) is 14.2. The Morgan fingerprint density at radius 1 is 0.309 bits per heavy atom. The first-order valence-corrected chi connectivity index (χ1v) is 26.8. The number of halogens is 1. The van der Waals surface area contributed by atoms with Crippen molar-refractivity contribution in [2.24, 2.45) is 0 Å². The summed E-state index contributed by atoms with van der Waals surface area (Å²) in [6, 6.07) is 96.2. The highest BCUT2D eigenvalue weighted by Crippen LogP contribution is 2.43. The van der Waals surface area contributed by atoms with Gasteiger partial charge in [-0.05, 0) is 96.1 Å². The van der Waals surface area contributed by atoms with Crippen LogP contribution in [0.1, 0.15) is 0 Å². The number of H-pyrrole nitrogens is 1. The van der Waals surface area contributed by atoms with Crippen LogP contribution in [0.2, 0.25) is 0 Å². The molecule has 4 aromatic heterocycles. The van der Waals surface area contributed by atoms with E-state index in [1.165, 1.54) is 116 Å². The Kier molecular flexibility index (Phi) is 12.1. The van der Waals surface area contributed by atoms with E-state index >= 15 is 0 Å². The molecule has 7 heteroatoms. The molecule has 12 aromatic carbocycles. The molecule has 6 nitrogen and oxygen atoms in total. The number of benzene rings is 12. The number of fused-ring (bicyclic) bond motifs is 12. The van der Waals surface area contributed by atoms with Crippen molar-refractivity contribution in [2.45, 2.75) is 0 Å². The first kappa shape index (κ1) is 48.1. The second-order valence-electron chi connectivity index (χ2n) is 20.0. The second-order valence-corrected chi connectivity index (χ2v) is 20.0. The molecule has 0 saturated heterocycles. The Labute approximate surface area is 466 Å². The van der Waals surface area contributed by atoms with Crippen molar-refractivity contribution in [3.63, 3.8) is 0 Å². The Morgan fingerprint density at radius 3 is 1.30 bits per heavy atom. The van der Waals surface area contributed by atoms with Crippen LogP contribution in [0.25, 0.3) is 136 Å². The van der Waals surface area contributed by atoms with E-state index in [0.717, 1.165) is 22.4 Å². The zero-order valence-corrected chi connectivity index (χ0v) is 43.7. The van der Waals surface area contributed by atoms with Crippen LogP contribution >= 0.6 is 0 Å². The summed E-state index contributed by atoms with van der Waals surface area (Å²) in [7, 11) is 0. The molecule has 0 fully saturated rings. The SMILES string of the molecule is [C-]#[N+]c1ccccc1-n1c2ccccc2c2cc(-c3cccc4c5ccccc5n(-c5ccccc5)c34)ccc21.[C-]#[N+]c1ccccc1F.c1ccc(-n2c3ccccc3c3cccc(-c4ccc5[nH]c6ccccc6c5c4)c32)cc1. The van der Waals surface area contributed by atoms with Gasteiger partial charge in [-0.2, -0.15) is 0 Å². The van der Waals surface area contributed by atoms with Crippen molar-refractivity contribution < 1.29 is 4.39 Å². The summed E-state index contributed by atoms with van der Waals surface area (Å²) in [4.78, 5) is 10.3. The predicted molar refractivity (Wildman–Crippen MR) is 335 cm³/mol. The molecule has 0 aliphatic heterocycles. The van der Waals surface area contributed by atoms with Crippen LogP contribution in [0.4, 0.5) is 15.8 Å². The number of aromatic amines is 1. The van der Waals surface area contributed by atoms with Crippen molar-refractivity contribution in [3.05, 3.63) is 308 Å². The highest BCUT2D eigenvalue weighted by molar-refractivity contribution is 6.17. The van der Waals surface area contributed by atoms with Gasteiger partial charge in [0.25, 0.3) is 0 Å². The third kappa shape index (κ3) is 8.24. The van der Waals surface area contributed by atoms with Crippen LogP contribution in [0, 0.1) is 19.0 Å². The molecule has 81 heavy (non-hydrogen) atoms. The molecule has 1 N–H and O–H groups in total. The fraction of sp³-hybridized carbons (Fsp3) is 0. The lowest BCUT2D eigenvalue weighted by atomic mass is 10.00. The van der Waals surface area contributed by atoms with Gasteiger partial charge in [0.05, 0.1) is 51.9 Å². The third-order valence-corrected chi connectivity index (χ3v) is 15.4. The van der Waals surface area contributed by atoms with E-state index < -0.39 is 5.82 Å². The normalized spacial score (nSPS) is 11.2. The zero-order chi connectivity index (χ0) is 54.4. The van der Waals surface area contributed by atoms with Gasteiger partial charge in [-0.1, -0.05) is 194 Å². The molecule has 16 rings (SSSR count). The van der Waals surface area contributed by atoms with E-state index in [2.05, 4.69) is 259 Å². The molecule has 0 aliphatic rings. The minimum absolute atomic E-state index is 0.0810. The number of nitrogens with one attached hydrogen (secondary N) is 1. The van der Waals surface area contributed by atoms with Crippen LogP contribution in [0.5, 0.6) is 0 Å². The molecule has 4 heterocycles. The van der Waals surface area contributed by atoms with E-state index in [-0.39, 0.29) is 5.69 Å². The number of rotatable bonds is 5. The zero-order valence-electron chi connectivity index (χ0n) is 43.7. The number of hydrogen-bond acceptors (Lipinski definition) is 0. The van der Waals surface area contributed by atoms with Crippen molar-refractivity contribution in [3.8, 4) is 39.3 Å². The maximum absolute atomic E-state index is 12.4. The van der Waals surface area contributed by atoms with Crippen LogP contribution in [-0.4, -0.2) is 18.7 Å². The first-order valence-electron chi connectivity index (χ1n) is 26.8. The van der Waals surface area contributed by atoms with E-state index in [1.807, 2.05) is 24.3 Å². The summed E-state index contributed by atoms with van der Waals surface area (Å²) in [6.07, 6.45) is 0. The van der Waals surface area contributed by atoms with Crippen LogP contribution in [0.15, 0.2) is 279 Å². The number of hydrogen-bond donors (Lipinski definition) is 1. The van der Waals surface area contributed by atoms with Gasteiger partial charge in [0.2, 0.25) is 11.4 Å². The van der Waals surface area contributed by atoms with Gasteiger partial charge in [-0.25, -0.2) is 14.1 Å². The topological polar surface area (TPSA) is 39.3 Å². The predicted octanol–water partition coefficient (Wildman–Crippen LogP) is 20.6. The Morgan fingerprint density at radius 2 is 0.728 bits per heavy atom. The lowest BCUT2D eigenvalue weighted by Crippen LogP contribution is -1.95. The molecule has 380 valence electrons. The molecule has 0 atom stereocenters. The molecule has 0 radical (unpaired) electrons. The smallest absolute Gasteiger partial charge is 0.222 e. The Balaban J connectivity index is 0.000000128. The second kappa shape index (κ2) is 20.3. The minimum Gasteiger partial charge on any atom is -0.355 e. The maximum atomic E-state index is 12.4. The Hall–Kier alpha value is -11.3. The van der Waals surface area contributed by atoms with Crippen molar-refractivity contribution in [1.29, 1.82) is 0 Å². The van der Waals surface area contributed by atoms with Gasteiger partial charge in [0.15, 0.2) is 0 Å². The lowest BCUT2D eigenvalue weighted by molar-refractivity contribution is 0.633.